The summed E-state index contributed by atoms with van der Waals surface area (Å²) in [5.74, 6) is -0.567. The predicted molar refractivity (Wildman–Crippen MR) is 69.9 cm³/mol. The summed E-state index contributed by atoms with van der Waals surface area (Å²) in [4.78, 5) is 19.5. The van der Waals surface area contributed by atoms with Crippen LogP contribution in [0.5, 0.6) is 0 Å². The van der Waals surface area contributed by atoms with Gasteiger partial charge in [0.15, 0.2) is 0 Å². The monoisotopic (exact) mass is 267 g/mol. The third-order valence-corrected chi connectivity index (χ3v) is 2.71. The molecule has 0 amide bonds. The van der Waals surface area contributed by atoms with Crippen LogP contribution in [0.4, 0.5) is 0 Å². The largest absolute Gasteiger partial charge is 0.478 e. The Kier molecular flexibility index (Phi) is 2.96. The summed E-state index contributed by atoms with van der Waals surface area (Å²) in [6.07, 6.45) is 1.62. The molecule has 0 bridgehead atoms. The highest BCUT2D eigenvalue weighted by Gasteiger charge is 2.17. The quantitative estimate of drug-likeness (QED) is 0.784. The molecule has 0 unspecified atom stereocenters. The van der Waals surface area contributed by atoms with Crippen LogP contribution in [0.1, 0.15) is 10.4 Å². The Labute approximate surface area is 113 Å². The van der Waals surface area contributed by atoms with Gasteiger partial charge in [0.1, 0.15) is 5.69 Å². The van der Waals surface area contributed by atoms with Crippen LogP contribution in [0.15, 0.2) is 53.2 Å². The van der Waals surface area contributed by atoms with Crippen LogP contribution in [0, 0.1) is 0 Å². The molecule has 0 saturated heterocycles. The maximum atomic E-state index is 11.2. The number of nitrogens with zero attached hydrogens (tertiary/aromatic N) is 3. The average Bonchev–Trinajstić information content (AvgIpc) is 2.98. The Morgan fingerprint density at radius 2 is 1.90 bits per heavy atom. The normalized spacial score (nSPS) is 10.4. The van der Waals surface area contributed by atoms with Crippen molar-refractivity contribution in [3.63, 3.8) is 0 Å². The fourth-order valence-electron chi connectivity index (χ4n) is 1.79. The number of benzene rings is 1. The van der Waals surface area contributed by atoms with Gasteiger partial charge in [-0.25, -0.2) is 4.79 Å². The van der Waals surface area contributed by atoms with E-state index in [0.29, 0.717) is 17.1 Å². The fraction of sp³-hybridized carbons (Fsp3) is 0. The first-order valence-electron chi connectivity index (χ1n) is 5.83. The molecule has 0 radical (unpaired) electrons. The molecule has 0 spiro atoms. The zero-order chi connectivity index (χ0) is 13.9. The van der Waals surface area contributed by atoms with Gasteiger partial charge in [-0.3, -0.25) is 4.98 Å². The molecule has 6 nitrogen and oxygen atoms in total. The summed E-state index contributed by atoms with van der Waals surface area (Å²) >= 11 is 0. The number of rotatable bonds is 3. The minimum atomic E-state index is -1.04. The zero-order valence-electron chi connectivity index (χ0n) is 10.2. The molecule has 0 aliphatic heterocycles. The number of carboxylic acids is 1. The summed E-state index contributed by atoms with van der Waals surface area (Å²) in [5, 5.41) is 13.0. The lowest BCUT2D eigenvalue weighted by Gasteiger charge is -1.99. The van der Waals surface area contributed by atoms with Gasteiger partial charge in [-0.2, -0.15) is 4.98 Å². The van der Waals surface area contributed by atoms with Gasteiger partial charge in [-0.1, -0.05) is 23.4 Å². The van der Waals surface area contributed by atoms with Crippen LogP contribution in [-0.4, -0.2) is 26.2 Å². The van der Waals surface area contributed by atoms with E-state index < -0.39 is 5.97 Å². The maximum absolute atomic E-state index is 11.2. The van der Waals surface area contributed by atoms with Crippen LogP contribution in [-0.2, 0) is 0 Å². The minimum Gasteiger partial charge on any atom is -0.478 e. The number of carbonyl (C=O) groups is 1. The van der Waals surface area contributed by atoms with Gasteiger partial charge in [0, 0.05) is 6.20 Å². The molecule has 0 saturated carbocycles. The van der Waals surface area contributed by atoms with Crippen molar-refractivity contribution in [2.24, 2.45) is 0 Å². The van der Waals surface area contributed by atoms with E-state index >= 15 is 0 Å². The van der Waals surface area contributed by atoms with E-state index in [1.165, 1.54) is 6.07 Å². The highest BCUT2D eigenvalue weighted by Crippen LogP contribution is 2.24. The first kappa shape index (κ1) is 12.0. The summed E-state index contributed by atoms with van der Waals surface area (Å²) in [7, 11) is 0. The van der Waals surface area contributed by atoms with Gasteiger partial charge >= 0.3 is 5.97 Å². The van der Waals surface area contributed by atoms with Crippen molar-refractivity contribution in [1.29, 1.82) is 0 Å². The van der Waals surface area contributed by atoms with E-state index in [9.17, 15) is 4.79 Å². The molecule has 0 fully saturated rings. The topological polar surface area (TPSA) is 89.1 Å². The Morgan fingerprint density at radius 1 is 1.10 bits per heavy atom. The molecule has 2 heterocycles. The highest BCUT2D eigenvalue weighted by molar-refractivity contribution is 5.94. The van der Waals surface area contributed by atoms with Gasteiger partial charge in [0.2, 0.25) is 5.82 Å². The van der Waals surface area contributed by atoms with Crippen molar-refractivity contribution in [3.8, 4) is 23.0 Å². The van der Waals surface area contributed by atoms with Gasteiger partial charge in [0.05, 0.1) is 11.1 Å². The Morgan fingerprint density at radius 3 is 2.65 bits per heavy atom. The molecular weight excluding hydrogens is 258 g/mol. The summed E-state index contributed by atoms with van der Waals surface area (Å²) < 4.78 is 5.13. The molecule has 0 aliphatic rings. The van der Waals surface area contributed by atoms with Crippen LogP contribution >= 0.6 is 0 Å². The lowest BCUT2D eigenvalue weighted by Crippen LogP contribution is -1.99. The molecule has 1 N–H and O–H groups in total. The van der Waals surface area contributed by atoms with Gasteiger partial charge in [0.25, 0.3) is 5.89 Å². The number of hydrogen-bond donors (Lipinski definition) is 1. The first-order valence-corrected chi connectivity index (χ1v) is 5.83. The summed E-state index contributed by atoms with van der Waals surface area (Å²) in [6, 6.07) is 11.8. The van der Waals surface area contributed by atoms with Crippen LogP contribution in [0.25, 0.3) is 23.0 Å². The molecule has 98 valence electrons. The maximum Gasteiger partial charge on any atom is 0.336 e. The van der Waals surface area contributed by atoms with Crippen molar-refractivity contribution in [2.75, 3.05) is 0 Å². The van der Waals surface area contributed by atoms with Crippen molar-refractivity contribution in [2.45, 2.75) is 0 Å². The van der Waals surface area contributed by atoms with Crippen LogP contribution in [0.2, 0.25) is 0 Å². The van der Waals surface area contributed by atoms with Crippen molar-refractivity contribution in [1.82, 2.24) is 15.1 Å². The summed E-state index contributed by atoms with van der Waals surface area (Å²) in [6.45, 7) is 0. The third-order valence-electron chi connectivity index (χ3n) is 2.71. The molecule has 1 aromatic carbocycles. The number of pyridine rings is 1. The Hall–Kier alpha value is -3.02. The average molecular weight is 267 g/mol. The highest BCUT2D eigenvalue weighted by atomic mass is 16.5. The molecule has 0 atom stereocenters. The third kappa shape index (κ3) is 2.14. The Balaban J connectivity index is 2.05. The van der Waals surface area contributed by atoms with Gasteiger partial charge in [-0.05, 0) is 24.3 Å². The number of aromatic carboxylic acids is 1. The van der Waals surface area contributed by atoms with E-state index in [0.717, 1.165) is 0 Å². The van der Waals surface area contributed by atoms with Crippen LogP contribution < -0.4 is 0 Å². The van der Waals surface area contributed by atoms with E-state index in [2.05, 4.69) is 15.1 Å². The zero-order valence-corrected chi connectivity index (χ0v) is 10.2. The van der Waals surface area contributed by atoms with Crippen LogP contribution in [0.3, 0.4) is 0 Å². The molecule has 6 heteroatoms. The number of hydrogen-bond acceptors (Lipinski definition) is 5. The fourth-order valence-corrected chi connectivity index (χ4v) is 1.79. The summed E-state index contributed by atoms with van der Waals surface area (Å²) in [5.41, 5.74) is 1.06. The molecule has 0 aliphatic carbocycles. The first-order chi connectivity index (χ1) is 9.75. The predicted octanol–water partition coefficient (Wildman–Crippen LogP) is 2.50. The van der Waals surface area contributed by atoms with Crippen molar-refractivity contribution >= 4 is 5.97 Å². The lowest BCUT2D eigenvalue weighted by molar-refractivity contribution is 0.0697. The minimum absolute atomic E-state index is 0.115. The van der Waals surface area contributed by atoms with Gasteiger partial charge in [-0.15, -0.1) is 0 Å². The molecule has 3 rings (SSSR count). The van der Waals surface area contributed by atoms with E-state index in [1.807, 2.05) is 6.07 Å². The second kappa shape index (κ2) is 4.93. The number of aromatic nitrogens is 3. The van der Waals surface area contributed by atoms with Crippen molar-refractivity contribution < 1.29 is 14.4 Å². The van der Waals surface area contributed by atoms with E-state index in [-0.39, 0.29) is 11.5 Å². The van der Waals surface area contributed by atoms with Gasteiger partial charge < -0.3 is 9.63 Å². The molecular formula is C14H9N3O3. The number of carboxylic acid groups (broad SMARTS) is 1. The standard InChI is InChI=1S/C14H9N3O3/c18-14(19)10-6-2-1-5-9(10)13-16-12(17-20-13)11-7-3-4-8-15-11/h1-8H,(H,18,19). The van der Waals surface area contributed by atoms with E-state index in [1.54, 1.807) is 36.5 Å². The molecule has 20 heavy (non-hydrogen) atoms. The van der Waals surface area contributed by atoms with E-state index in [4.69, 9.17) is 9.63 Å². The molecule has 2 aromatic heterocycles. The van der Waals surface area contributed by atoms with Crippen molar-refractivity contribution in [3.05, 3.63) is 54.2 Å². The Bertz CT molecular complexity index is 753. The second-order valence-corrected chi connectivity index (χ2v) is 3.99. The smallest absolute Gasteiger partial charge is 0.336 e. The molecule has 3 aromatic rings. The SMILES string of the molecule is O=C(O)c1ccccc1-c1nc(-c2ccccn2)no1. The second-order valence-electron chi connectivity index (χ2n) is 3.99. The lowest BCUT2D eigenvalue weighted by atomic mass is 10.1.